The zero-order valence-corrected chi connectivity index (χ0v) is 17.3. The molecule has 0 saturated heterocycles. The molecule has 0 fully saturated rings. The maximum absolute atomic E-state index is 13.0. The van der Waals surface area contributed by atoms with E-state index >= 15 is 0 Å². The molecule has 0 heterocycles. The van der Waals surface area contributed by atoms with Crippen molar-refractivity contribution >= 4 is 46.5 Å². The van der Waals surface area contributed by atoms with Gasteiger partial charge in [-0.25, -0.2) is 0 Å². The summed E-state index contributed by atoms with van der Waals surface area (Å²) in [5.74, 6) is -2.32. The first-order valence-corrected chi connectivity index (χ1v) is 9.93. The zero-order valence-electron chi connectivity index (χ0n) is 15.8. The zero-order chi connectivity index (χ0) is 22.1. The van der Waals surface area contributed by atoms with Crippen LogP contribution < -0.4 is 5.32 Å². The molecule has 1 aliphatic carbocycles. The lowest BCUT2D eigenvalue weighted by atomic mass is 9.92. The minimum absolute atomic E-state index is 0.00525. The predicted octanol–water partition coefficient (Wildman–Crippen LogP) is 4.83. The van der Waals surface area contributed by atoms with Gasteiger partial charge < -0.3 is 5.32 Å². The average Bonchev–Trinajstić information content (AvgIpc) is 2.80. The Kier molecular flexibility index (Phi) is 5.55. The van der Waals surface area contributed by atoms with E-state index < -0.39 is 23.3 Å². The molecule has 1 N–H and O–H groups in total. The van der Waals surface area contributed by atoms with Gasteiger partial charge in [-0.15, -0.1) is 0 Å². The number of allylic oxidation sites excluding steroid dienone is 2. The van der Waals surface area contributed by atoms with Crippen molar-refractivity contribution in [2.75, 3.05) is 0 Å². The maximum atomic E-state index is 13.0. The highest BCUT2D eigenvalue weighted by atomic mass is 35.5. The topological polar surface area (TPSA) is 80.3 Å². The number of carbonyl (C=O) groups is 4. The summed E-state index contributed by atoms with van der Waals surface area (Å²) < 4.78 is 0. The molecule has 3 aromatic carbocycles. The van der Waals surface area contributed by atoms with Gasteiger partial charge in [0, 0.05) is 27.3 Å². The molecule has 3 aromatic rings. The SMILES string of the molecule is O=C(NC1=C(Cl)C(=O)c2ccccc2C1=O)c1ccc(Cl)cc1C(=O)c1ccccc1. The molecule has 152 valence electrons. The quantitative estimate of drug-likeness (QED) is 0.578. The van der Waals surface area contributed by atoms with E-state index in [1.807, 2.05) is 0 Å². The van der Waals surface area contributed by atoms with Gasteiger partial charge in [0.05, 0.1) is 5.56 Å². The van der Waals surface area contributed by atoms with Gasteiger partial charge in [-0.05, 0) is 18.2 Å². The largest absolute Gasteiger partial charge is 0.317 e. The van der Waals surface area contributed by atoms with Crippen LogP contribution in [0.5, 0.6) is 0 Å². The molecule has 4 rings (SSSR count). The lowest BCUT2D eigenvalue weighted by molar-refractivity contribution is 0.0918. The van der Waals surface area contributed by atoms with Gasteiger partial charge >= 0.3 is 0 Å². The third-order valence-electron chi connectivity index (χ3n) is 4.81. The number of ketones is 3. The Morgan fingerprint density at radius 3 is 2.00 bits per heavy atom. The summed E-state index contributed by atoms with van der Waals surface area (Å²) in [5, 5.41) is 2.30. The summed E-state index contributed by atoms with van der Waals surface area (Å²) in [4.78, 5) is 51.4. The number of amides is 1. The molecule has 0 atom stereocenters. The summed E-state index contributed by atoms with van der Waals surface area (Å²) in [6.45, 7) is 0. The number of nitrogens with one attached hydrogen (secondary N) is 1. The van der Waals surface area contributed by atoms with Crippen LogP contribution in [0.15, 0.2) is 83.5 Å². The number of fused-ring (bicyclic) bond motifs is 1. The van der Waals surface area contributed by atoms with Gasteiger partial charge in [-0.2, -0.15) is 0 Å². The average molecular weight is 450 g/mol. The summed E-state index contributed by atoms with van der Waals surface area (Å²) in [7, 11) is 0. The van der Waals surface area contributed by atoms with Gasteiger partial charge in [0.2, 0.25) is 11.6 Å². The number of hydrogen-bond acceptors (Lipinski definition) is 4. The van der Waals surface area contributed by atoms with Crippen LogP contribution in [0.4, 0.5) is 0 Å². The second kappa shape index (κ2) is 8.30. The highest BCUT2D eigenvalue weighted by molar-refractivity contribution is 6.50. The van der Waals surface area contributed by atoms with Crippen molar-refractivity contribution in [1.29, 1.82) is 0 Å². The van der Waals surface area contributed by atoms with Gasteiger partial charge in [0.15, 0.2) is 5.78 Å². The highest BCUT2D eigenvalue weighted by Gasteiger charge is 2.33. The molecule has 7 heteroatoms. The fraction of sp³-hybridized carbons (Fsp3) is 0. The van der Waals surface area contributed by atoms with Crippen molar-refractivity contribution in [2.45, 2.75) is 0 Å². The first-order valence-electron chi connectivity index (χ1n) is 9.17. The predicted molar refractivity (Wildman–Crippen MR) is 117 cm³/mol. The fourth-order valence-electron chi connectivity index (χ4n) is 3.29. The van der Waals surface area contributed by atoms with Gasteiger partial charge in [-0.3, -0.25) is 19.2 Å². The van der Waals surface area contributed by atoms with E-state index in [2.05, 4.69) is 5.32 Å². The van der Waals surface area contributed by atoms with Crippen LogP contribution >= 0.6 is 23.2 Å². The molecule has 5 nitrogen and oxygen atoms in total. The molecular formula is C24H13Cl2NO4. The Morgan fingerprint density at radius 2 is 1.32 bits per heavy atom. The maximum Gasteiger partial charge on any atom is 0.256 e. The number of Topliss-reactive ketones (excluding diaryl/α,β-unsaturated/α-hetero) is 2. The van der Waals surface area contributed by atoms with Crippen molar-refractivity contribution in [1.82, 2.24) is 5.32 Å². The monoisotopic (exact) mass is 449 g/mol. The van der Waals surface area contributed by atoms with Crippen LogP contribution in [0.25, 0.3) is 0 Å². The molecule has 31 heavy (non-hydrogen) atoms. The summed E-state index contributed by atoms with van der Waals surface area (Å²) in [6, 6.07) is 18.8. The van der Waals surface area contributed by atoms with Crippen LogP contribution in [-0.4, -0.2) is 23.3 Å². The molecule has 0 aliphatic heterocycles. The summed E-state index contributed by atoms with van der Waals surface area (Å²) in [6.07, 6.45) is 0. The van der Waals surface area contributed by atoms with Crippen molar-refractivity contribution in [3.63, 3.8) is 0 Å². The number of halogens is 2. The Morgan fingerprint density at radius 1 is 0.710 bits per heavy atom. The molecule has 0 bridgehead atoms. The fourth-order valence-corrected chi connectivity index (χ4v) is 3.69. The second-order valence-corrected chi connectivity index (χ2v) is 7.55. The third kappa shape index (κ3) is 3.81. The van der Waals surface area contributed by atoms with Crippen LogP contribution in [0, 0.1) is 0 Å². The normalized spacial score (nSPS) is 13.1. The Balaban J connectivity index is 1.72. The van der Waals surface area contributed by atoms with E-state index in [-0.39, 0.29) is 38.0 Å². The van der Waals surface area contributed by atoms with E-state index in [1.165, 1.54) is 30.3 Å². The van der Waals surface area contributed by atoms with Crippen LogP contribution in [0.1, 0.15) is 47.0 Å². The standard InChI is InChI=1S/C24H13Cl2NO4/c25-14-10-11-17(18(12-14)21(28)13-6-2-1-3-7-13)24(31)27-20-19(26)22(29)15-8-4-5-9-16(15)23(20)30/h1-12H,(H,27,31). The van der Waals surface area contributed by atoms with Crippen LogP contribution in [-0.2, 0) is 0 Å². The minimum Gasteiger partial charge on any atom is -0.317 e. The molecule has 1 amide bonds. The molecule has 0 saturated carbocycles. The first kappa shape index (κ1) is 20.7. The number of benzene rings is 3. The van der Waals surface area contributed by atoms with Crippen molar-refractivity contribution in [2.24, 2.45) is 0 Å². The van der Waals surface area contributed by atoms with Gasteiger partial charge in [0.1, 0.15) is 10.7 Å². The Bertz CT molecular complexity index is 1300. The van der Waals surface area contributed by atoms with E-state index in [0.717, 1.165) is 0 Å². The lowest BCUT2D eigenvalue weighted by Crippen LogP contribution is -2.33. The Hall–Kier alpha value is -3.54. The van der Waals surface area contributed by atoms with Gasteiger partial charge in [0.25, 0.3) is 5.91 Å². The Labute approximate surface area is 187 Å². The summed E-state index contributed by atoms with van der Waals surface area (Å²) in [5.41, 5.74) is 0.403. The molecule has 0 radical (unpaired) electrons. The van der Waals surface area contributed by atoms with E-state index in [9.17, 15) is 19.2 Å². The third-order valence-corrected chi connectivity index (χ3v) is 5.40. The van der Waals surface area contributed by atoms with E-state index in [0.29, 0.717) is 5.56 Å². The second-order valence-electron chi connectivity index (χ2n) is 6.73. The smallest absolute Gasteiger partial charge is 0.256 e. The van der Waals surface area contributed by atoms with E-state index in [4.69, 9.17) is 23.2 Å². The first-order chi connectivity index (χ1) is 14.9. The molecule has 0 aromatic heterocycles. The van der Waals surface area contributed by atoms with Gasteiger partial charge in [-0.1, -0.05) is 77.8 Å². The summed E-state index contributed by atoms with van der Waals surface area (Å²) >= 11 is 12.2. The van der Waals surface area contributed by atoms with Crippen LogP contribution in [0.2, 0.25) is 5.02 Å². The number of hydrogen-bond donors (Lipinski definition) is 1. The number of carbonyl (C=O) groups excluding carboxylic acids is 4. The minimum atomic E-state index is -0.760. The van der Waals surface area contributed by atoms with Crippen molar-refractivity contribution in [3.8, 4) is 0 Å². The molecule has 1 aliphatic rings. The lowest BCUT2D eigenvalue weighted by Gasteiger charge is -2.18. The van der Waals surface area contributed by atoms with Crippen molar-refractivity contribution in [3.05, 3.63) is 116 Å². The molecule has 0 unspecified atom stereocenters. The molecular weight excluding hydrogens is 437 g/mol. The highest BCUT2D eigenvalue weighted by Crippen LogP contribution is 2.28. The van der Waals surface area contributed by atoms with Crippen LogP contribution in [0.3, 0.4) is 0 Å². The molecule has 0 spiro atoms. The number of rotatable bonds is 4. The van der Waals surface area contributed by atoms with E-state index in [1.54, 1.807) is 42.5 Å². The van der Waals surface area contributed by atoms with Crippen molar-refractivity contribution < 1.29 is 19.2 Å².